The molecule has 106 valence electrons. The molecule has 0 bridgehead atoms. The zero-order valence-corrected chi connectivity index (χ0v) is 13.4. The van der Waals surface area contributed by atoms with Gasteiger partial charge in [-0.25, -0.2) is 4.90 Å². The summed E-state index contributed by atoms with van der Waals surface area (Å²) in [6, 6.07) is 16.8. The van der Waals surface area contributed by atoms with E-state index in [2.05, 4.69) is 15.9 Å². The molecule has 1 saturated heterocycles. The molecule has 2 aromatic rings. The van der Waals surface area contributed by atoms with E-state index < -0.39 is 0 Å². The summed E-state index contributed by atoms with van der Waals surface area (Å²) in [4.78, 5) is 26.1. The van der Waals surface area contributed by atoms with E-state index >= 15 is 0 Å². The molecule has 3 rings (SSSR count). The molecule has 21 heavy (non-hydrogen) atoms. The quantitative estimate of drug-likeness (QED) is 0.763. The highest BCUT2D eigenvalue weighted by Gasteiger charge is 2.36. The number of hydrogen-bond donors (Lipinski definition) is 0. The molecule has 0 spiro atoms. The van der Waals surface area contributed by atoms with E-state index in [9.17, 15) is 9.59 Å². The van der Waals surface area contributed by atoms with Crippen LogP contribution in [0.25, 0.3) is 0 Å². The van der Waals surface area contributed by atoms with Gasteiger partial charge >= 0.3 is 0 Å². The molecule has 0 radical (unpaired) electrons. The first-order valence-electron chi connectivity index (χ1n) is 6.46. The average molecular weight is 362 g/mol. The van der Waals surface area contributed by atoms with Gasteiger partial charge in [0.1, 0.15) is 5.25 Å². The van der Waals surface area contributed by atoms with Gasteiger partial charge in [0, 0.05) is 4.47 Å². The van der Waals surface area contributed by atoms with Gasteiger partial charge in [-0.1, -0.05) is 46.3 Å². The summed E-state index contributed by atoms with van der Waals surface area (Å²) in [6.45, 7) is 0. The topological polar surface area (TPSA) is 37.4 Å². The Morgan fingerprint density at radius 2 is 1.67 bits per heavy atom. The van der Waals surface area contributed by atoms with E-state index in [-0.39, 0.29) is 17.1 Å². The zero-order valence-electron chi connectivity index (χ0n) is 11.0. The molecule has 0 N–H and O–H groups in total. The monoisotopic (exact) mass is 361 g/mol. The van der Waals surface area contributed by atoms with Gasteiger partial charge in [0.05, 0.1) is 11.4 Å². The van der Waals surface area contributed by atoms with E-state index in [0.717, 1.165) is 10.0 Å². The molecule has 1 atom stereocenters. The molecule has 1 aliphatic rings. The number of anilines is 1. The highest BCUT2D eigenvalue weighted by atomic mass is 79.9. The minimum absolute atomic E-state index is 0.167. The van der Waals surface area contributed by atoms with Crippen LogP contribution in [0.3, 0.4) is 0 Å². The summed E-state index contributed by atoms with van der Waals surface area (Å²) in [5.74, 6) is -0.0364. The molecule has 3 nitrogen and oxygen atoms in total. The van der Waals surface area contributed by atoms with Crippen molar-refractivity contribution in [1.29, 1.82) is 0 Å². The lowest BCUT2D eigenvalue weighted by Gasteiger charge is -2.30. The maximum Gasteiger partial charge on any atom is 0.251 e. The fourth-order valence-electron chi connectivity index (χ4n) is 2.26. The summed E-state index contributed by atoms with van der Waals surface area (Å²) >= 11 is 4.74. The first-order chi connectivity index (χ1) is 10.2. The Labute approximate surface area is 135 Å². The Hall–Kier alpha value is -1.59. The lowest BCUT2D eigenvalue weighted by atomic mass is 10.1. The van der Waals surface area contributed by atoms with Crippen LogP contribution in [0.4, 0.5) is 5.69 Å². The number of carbonyl (C=O) groups excluding carboxylic acids is 2. The van der Waals surface area contributed by atoms with Crippen molar-refractivity contribution in [1.82, 2.24) is 0 Å². The predicted octanol–water partition coefficient (Wildman–Crippen LogP) is 3.80. The molecule has 1 aliphatic heterocycles. The number of imide groups is 1. The highest BCUT2D eigenvalue weighted by molar-refractivity contribution is 9.10. The molecule has 0 saturated carbocycles. The smallest absolute Gasteiger partial charge is 0.251 e. The summed E-state index contributed by atoms with van der Waals surface area (Å²) in [6.07, 6.45) is 0. The zero-order chi connectivity index (χ0) is 14.8. The van der Waals surface area contributed by atoms with Gasteiger partial charge in [0.15, 0.2) is 0 Å². The first kappa shape index (κ1) is 14.4. The maximum absolute atomic E-state index is 12.7. The number of halogens is 1. The fourth-order valence-corrected chi connectivity index (χ4v) is 3.56. The Balaban J connectivity index is 1.94. The van der Waals surface area contributed by atoms with E-state index in [4.69, 9.17) is 0 Å². The van der Waals surface area contributed by atoms with Gasteiger partial charge in [0.25, 0.3) is 5.91 Å². The Morgan fingerprint density at radius 1 is 1.00 bits per heavy atom. The number of nitrogens with zero attached hydrogens (tertiary/aromatic N) is 1. The van der Waals surface area contributed by atoms with E-state index in [1.807, 2.05) is 42.5 Å². The predicted molar refractivity (Wildman–Crippen MR) is 88.3 cm³/mol. The largest absolute Gasteiger partial charge is 0.273 e. The molecular weight excluding hydrogens is 350 g/mol. The Kier molecular flexibility index (Phi) is 4.12. The lowest BCUT2D eigenvalue weighted by molar-refractivity contribution is -0.125. The van der Waals surface area contributed by atoms with Gasteiger partial charge in [-0.3, -0.25) is 9.59 Å². The van der Waals surface area contributed by atoms with Crippen molar-refractivity contribution >= 4 is 45.2 Å². The normalized spacial score (nSPS) is 18.9. The van der Waals surface area contributed by atoms with Crippen molar-refractivity contribution in [2.24, 2.45) is 0 Å². The van der Waals surface area contributed by atoms with Crippen LogP contribution in [0.15, 0.2) is 59.1 Å². The molecular formula is C16H12BrNO2S. The van der Waals surface area contributed by atoms with E-state index in [1.54, 1.807) is 12.1 Å². The summed E-state index contributed by atoms with van der Waals surface area (Å²) < 4.78 is 0.914. The third-order valence-corrected chi connectivity index (χ3v) is 5.00. The minimum Gasteiger partial charge on any atom is -0.273 e. The average Bonchev–Trinajstić information content (AvgIpc) is 2.50. The van der Waals surface area contributed by atoms with Crippen LogP contribution in [-0.4, -0.2) is 17.6 Å². The standard InChI is InChI=1S/C16H12BrNO2S/c17-12-6-8-13(9-7-12)18-14(19)10-21-15(16(18)20)11-4-2-1-3-5-11/h1-9,15H,10H2/t15-/m1/s1. The van der Waals surface area contributed by atoms with Crippen LogP contribution >= 0.6 is 27.7 Å². The second kappa shape index (κ2) is 6.03. The molecule has 0 aromatic heterocycles. The van der Waals surface area contributed by atoms with Gasteiger partial charge in [0.2, 0.25) is 5.91 Å². The van der Waals surface area contributed by atoms with Crippen LogP contribution in [0.2, 0.25) is 0 Å². The van der Waals surface area contributed by atoms with Gasteiger partial charge in [-0.15, -0.1) is 11.8 Å². The van der Waals surface area contributed by atoms with Crippen molar-refractivity contribution in [3.63, 3.8) is 0 Å². The second-order valence-corrected chi connectivity index (χ2v) is 6.65. The summed E-state index contributed by atoms with van der Waals surface area (Å²) in [5, 5.41) is -0.326. The number of carbonyl (C=O) groups is 2. The number of hydrogen-bond acceptors (Lipinski definition) is 3. The second-order valence-electron chi connectivity index (χ2n) is 4.65. The van der Waals surface area contributed by atoms with Crippen LogP contribution < -0.4 is 4.90 Å². The fraction of sp³-hybridized carbons (Fsp3) is 0.125. The third kappa shape index (κ3) is 2.89. The third-order valence-electron chi connectivity index (χ3n) is 3.25. The SMILES string of the molecule is O=C1CS[C@H](c2ccccc2)C(=O)N1c1ccc(Br)cc1. The Morgan fingerprint density at radius 3 is 2.33 bits per heavy atom. The van der Waals surface area contributed by atoms with E-state index in [0.29, 0.717) is 11.4 Å². The van der Waals surface area contributed by atoms with Crippen LogP contribution in [0.1, 0.15) is 10.8 Å². The number of benzene rings is 2. The number of thioether (sulfide) groups is 1. The number of amides is 2. The van der Waals surface area contributed by atoms with Crippen molar-refractivity contribution < 1.29 is 9.59 Å². The summed E-state index contributed by atoms with van der Waals surface area (Å²) in [7, 11) is 0. The van der Waals surface area contributed by atoms with Crippen LogP contribution in [0, 0.1) is 0 Å². The molecule has 1 heterocycles. The molecule has 0 aliphatic carbocycles. The minimum atomic E-state index is -0.326. The maximum atomic E-state index is 12.7. The van der Waals surface area contributed by atoms with Gasteiger partial charge in [-0.2, -0.15) is 0 Å². The molecule has 2 aromatic carbocycles. The van der Waals surface area contributed by atoms with E-state index in [1.165, 1.54) is 16.7 Å². The molecule has 2 amide bonds. The first-order valence-corrected chi connectivity index (χ1v) is 8.30. The van der Waals surface area contributed by atoms with Gasteiger partial charge < -0.3 is 0 Å². The summed E-state index contributed by atoms with van der Waals surface area (Å²) in [5.41, 5.74) is 1.55. The van der Waals surface area contributed by atoms with Crippen molar-refractivity contribution in [2.45, 2.75) is 5.25 Å². The van der Waals surface area contributed by atoms with Crippen LogP contribution in [-0.2, 0) is 9.59 Å². The molecule has 0 unspecified atom stereocenters. The lowest BCUT2D eigenvalue weighted by Crippen LogP contribution is -2.44. The van der Waals surface area contributed by atoms with Crippen molar-refractivity contribution in [2.75, 3.05) is 10.7 Å². The van der Waals surface area contributed by atoms with Gasteiger partial charge in [-0.05, 0) is 29.8 Å². The highest BCUT2D eigenvalue weighted by Crippen LogP contribution is 2.36. The Bertz CT molecular complexity index is 672. The number of rotatable bonds is 2. The van der Waals surface area contributed by atoms with Crippen molar-refractivity contribution in [3.8, 4) is 0 Å². The molecule has 5 heteroatoms. The van der Waals surface area contributed by atoms with Crippen molar-refractivity contribution in [3.05, 3.63) is 64.6 Å². The molecule has 1 fully saturated rings. The van der Waals surface area contributed by atoms with Crippen LogP contribution in [0.5, 0.6) is 0 Å².